The van der Waals surface area contributed by atoms with Crippen molar-refractivity contribution in [2.24, 2.45) is 17.3 Å². The maximum absolute atomic E-state index is 8.52. The van der Waals surface area contributed by atoms with Crippen molar-refractivity contribution in [3.05, 3.63) is 109 Å². The van der Waals surface area contributed by atoms with Crippen LogP contribution in [-0.4, -0.2) is 69.2 Å². The van der Waals surface area contributed by atoms with Gasteiger partial charge in [0.15, 0.2) is 5.71 Å². The molecule has 0 atom stereocenters. The molecule has 12 nitrogen and oxygen atoms in total. The average Bonchev–Trinajstić information content (AvgIpc) is 3.54. The summed E-state index contributed by atoms with van der Waals surface area (Å²) < 4.78 is 44.9. The molecule has 0 amide bonds. The topological polar surface area (TPSA) is 140 Å². The van der Waals surface area contributed by atoms with Gasteiger partial charge < -0.3 is 29.0 Å². The molecule has 4 aromatic carbocycles. The second kappa shape index (κ2) is 16.0. The Hall–Kier alpha value is -5.15. The number of methoxy groups -OCH3 is 1. The van der Waals surface area contributed by atoms with Crippen molar-refractivity contribution in [3.63, 3.8) is 0 Å². The summed E-state index contributed by atoms with van der Waals surface area (Å²) in [5, 5.41) is 13.3. The number of hydrogen-bond acceptors (Lipinski definition) is 11. The van der Waals surface area contributed by atoms with E-state index in [1.807, 2.05) is 43.6 Å². The van der Waals surface area contributed by atoms with E-state index in [-0.39, 0.29) is 5.41 Å². The van der Waals surface area contributed by atoms with Crippen LogP contribution in [0.3, 0.4) is 0 Å². The third kappa shape index (κ3) is 9.19. The van der Waals surface area contributed by atoms with Gasteiger partial charge in [-0.05, 0) is 91.0 Å². The first kappa shape index (κ1) is 38.1. The van der Waals surface area contributed by atoms with Gasteiger partial charge in [-0.3, -0.25) is 8.42 Å². The number of fused-ring (bicyclic) bond motifs is 2. The van der Waals surface area contributed by atoms with Crippen molar-refractivity contribution in [2.45, 2.75) is 19.3 Å². The molecule has 0 aliphatic carbocycles. The molecule has 0 radical (unpaired) electrons. The minimum absolute atomic E-state index is 0.0369. The average molecular weight is 742 g/mol. The Morgan fingerprint density at radius 3 is 2.08 bits per heavy atom. The van der Waals surface area contributed by atoms with Crippen molar-refractivity contribution >= 4 is 71.2 Å². The normalized spacial score (nSPS) is 13.7. The molecule has 0 unspecified atom stereocenters. The molecule has 0 saturated heterocycles. The molecule has 0 saturated carbocycles. The van der Waals surface area contributed by atoms with Gasteiger partial charge in [0.05, 0.1) is 29.4 Å². The number of benzene rings is 4. The van der Waals surface area contributed by atoms with Crippen molar-refractivity contribution in [1.82, 2.24) is 0 Å². The Bertz CT molecular complexity index is 2220. The molecule has 2 heterocycles. The molecule has 0 fully saturated rings. The lowest BCUT2D eigenvalue weighted by atomic mass is 9.81. The van der Waals surface area contributed by atoms with E-state index in [0.29, 0.717) is 0 Å². The zero-order valence-electron chi connectivity index (χ0n) is 30.3. The fourth-order valence-corrected chi connectivity index (χ4v) is 7.10. The van der Waals surface area contributed by atoms with Crippen molar-refractivity contribution in [3.8, 4) is 5.75 Å². The van der Waals surface area contributed by atoms with Gasteiger partial charge in [0.1, 0.15) is 24.0 Å². The van der Waals surface area contributed by atoms with Crippen LogP contribution in [0.25, 0.3) is 10.2 Å². The summed E-state index contributed by atoms with van der Waals surface area (Å²) in [7, 11) is 4.92. The van der Waals surface area contributed by atoms with Gasteiger partial charge in [-0.25, -0.2) is 4.57 Å². The Labute approximate surface area is 309 Å². The molecule has 5 aromatic rings. The number of allylic oxidation sites excluding steroid dienone is 1. The van der Waals surface area contributed by atoms with Crippen molar-refractivity contribution in [1.29, 1.82) is 0 Å². The molecular formula is C38H43N7O5S2. The summed E-state index contributed by atoms with van der Waals surface area (Å²) in [5.74, 6) is 0.839. The number of thiazole rings is 1. The van der Waals surface area contributed by atoms with E-state index in [4.69, 9.17) is 22.3 Å². The monoisotopic (exact) mass is 741 g/mol. The van der Waals surface area contributed by atoms with E-state index < -0.39 is 10.4 Å². The lowest BCUT2D eigenvalue weighted by Crippen LogP contribution is -2.30. The molecule has 1 aromatic heterocycles. The third-order valence-corrected chi connectivity index (χ3v) is 10.2. The maximum Gasteiger partial charge on any atom is 0.409 e. The standard InChI is InChI=1S/C38H42N7OS.H2O4S/c1-38(2)32-10-8-9-11-33(32)44(5)36(38)22-23-39-27-12-16-29(17-13-27)42(3)24-25-43(4)30-18-14-28(15-19-30)40-41-37-45(6)34-21-20-31(46-7)26-35(34)47-37;1-5(2,3)4/h8-23,26H,24-25H2,1-7H3;(H2,1,2,3,4)/q+1;/p-1. The molecule has 6 rings (SSSR count). The number of hydrogen-bond donors (Lipinski definition) is 1. The first-order valence-electron chi connectivity index (χ1n) is 16.5. The van der Waals surface area contributed by atoms with E-state index >= 15 is 0 Å². The van der Waals surface area contributed by atoms with E-state index in [1.165, 1.54) is 22.6 Å². The van der Waals surface area contributed by atoms with Gasteiger partial charge in [0.25, 0.3) is 0 Å². The number of anilines is 3. The van der Waals surface area contributed by atoms with Gasteiger partial charge >= 0.3 is 5.13 Å². The van der Waals surface area contributed by atoms with Crippen LogP contribution in [-0.2, 0) is 22.9 Å². The quantitative estimate of drug-likeness (QED) is 0.0660. The minimum atomic E-state index is -5.17. The van der Waals surface area contributed by atoms with Gasteiger partial charge in [-0.15, -0.1) is 0 Å². The van der Waals surface area contributed by atoms with Gasteiger partial charge in [0, 0.05) is 84.6 Å². The predicted octanol–water partition coefficient (Wildman–Crippen LogP) is 7.02. The number of ether oxygens (including phenoxy) is 1. The number of aryl methyl sites for hydroxylation is 1. The van der Waals surface area contributed by atoms with E-state index in [2.05, 4.69) is 136 Å². The molecule has 0 bridgehead atoms. The number of nitrogens with one attached hydrogen (secondary N) is 1. The lowest BCUT2D eigenvalue weighted by molar-refractivity contribution is -0.627. The van der Waals surface area contributed by atoms with Gasteiger partial charge in [-0.1, -0.05) is 18.2 Å². The van der Waals surface area contributed by atoms with Crippen molar-refractivity contribution in [2.75, 3.05) is 56.5 Å². The van der Waals surface area contributed by atoms with Crippen LogP contribution < -0.4 is 24.4 Å². The highest BCUT2D eigenvalue weighted by atomic mass is 32.3. The summed E-state index contributed by atoms with van der Waals surface area (Å²) in [6.45, 7) is 6.33. The first-order chi connectivity index (χ1) is 24.7. The van der Waals surface area contributed by atoms with Crippen LogP contribution in [0.15, 0.2) is 113 Å². The largest absolute Gasteiger partial charge is 0.759 e. The molecule has 14 heteroatoms. The highest BCUT2D eigenvalue weighted by Crippen LogP contribution is 2.39. The third-order valence-electron chi connectivity index (χ3n) is 9.07. The highest BCUT2D eigenvalue weighted by molar-refractivity contribution is 7.79. The number of aromatic nitrogens is 1. The van der Waals surface area contributed by atoms with Crippen LogP contribution >= 0.6 is 11.3 Å². The second-order valence-corrected chi connectivity index (χ2v) is 14.7. The fraction of sp³-hybridized carbons (Fsp3) is 0.263. The van der Waals surface area contributed by atoms with Crippen LogP contribution in [0.5, 0.6) is 5.75 Å². The molecule has 52 heavy (non-hydrogen) atoms. The summed E-state index contributed by atoms with van der Waals surface area (Å²) in [4.78, 5) is 4.54. The lowest BCUT2D eigenvalue weighted by Gasteiger charge is -2.25. The predicted molar refractivity (Wildman–Crippen MR) is 207 cm³/mol. The zero-order valence-corrected chi connectivity index (χ0v) is 31.9. The molecule has 1 aliphatic heterocycles. The number of azo groups is 1. The SMILES string of the molecule is COc1ccc2c(c1)sc(N=Nc1ccc(N(C)CCN(C)c3ccc(NC=CC4=[N+](C)c5ccccc5C4(C)C)cc3)cc1)[n+]2C.O=S(=O)([O-])[O-]. The molecule has 1 aliphatic rings. The fourth-order valence-electron chi connectivity index (χ4n) is 6.10. The van der Waals surface area contributed by atoms with Crippen LogP contribution in [0, 0.1) is 0 Å². The van der Waals surface area contributed by atoms with Crippen LogP contribution in [0.1, 0.15) is 19.4 Å². The van der Waals surface area contributed by atoms with Crippen LogP contribution in [0.4, 0.5) is 33.6 Å². The number of para-hydroxylation sites is 1. The summed E-state index contributed by atoms with van der Waals surface area (Å²) in [5.41, 5.74) is 9.17. The number of likely N-dealkylation sites (N-methyl/N-ethyl adjacent to an activating group) is 2. The van der Waals surface area contributed by atoms with Crippen molar-refractivity contribution < 1.29 is 31.4 Å². The highest BCUT2D eigenvalue weighted by Gasteiger charge is 2.42. The van der Waals surface area contributed by atoms with Crippen LogP contribution in [0.2, 0.25) is 0 Å². The Morgan fingerprint density at radius 2 is 1.48 bits per heavy atom. The first-order valence-corrected chi connectivity index (χ1v) is 18.6. The molecule has 1 N–H and O–H groups in total. The van der Waals surface area contributed by atoms with E-state index in [9.17, 15) is 0 Å². The van der Waals surface area contributed by atoms with E-state index in [0.717, 1.165) is 51.2 Å². The Kier molecular flexibility index (Phi) is 11.7. The van der Waals surface area contributed by atoms with E-state index in [1.54, 1.807) is 18.4 Å². The van der Waals surface area contributed by atoms with Gasteiger partial charge in [-0.2, -0.15) is 4.58 Å². The second-order valence-electron chi connectivity index (χ2n) is 12.9. The molecule has 0 spiro atoms. The smallest absolute Gasteiger partial charge is 0.409 e. The summed E-state index contributed by atoms with van der Waals surface area (Å²) in [6.07, 6.45) is 4.23. The summed E-state index contributed by atoms with van der Waals surface area (Å²) in [6, 6.07) is 31.5. The Balaban J connectivity index is 0.000000979. The van der Waals surface area contributed by atoms with Gasteiger partial charge in [0.2, 0.25) is 5.69 Å². The zero-order chi connectivity index (χ0) is 37.6. The molecular weight excluding hydrogens is 699 g/mol. The molecule has 272 valence electrons. The summed E-state index contributed by atoms with van der Waals surface area (Å²) >= 11 is 1.60. The Morgan fingerprint density at radius 1 is 0.885 bits per heavy atom. The number of nitrogens with zero attached hydrogens (tertiary/aromatic N) is 6. The maximum atomic E-state index is 8.52. The number of rotatable bonds is 11. The minimum Gasteiger partial charge on any atom is -0.759 e.